The molecule has 1 aliphatic rings. The number of aromatic nitrogens is 4. The van der Waals surface area contributed by atoms with Gasteiger partial charge in [-0.05, 0) is 77.9 Å². The number of rotatable bonds is 6. The maximum atomic E-state index is 13.7. The minimum atomic E-state index is -0.626. The van der Waals surface area contributed by atoms with Crippen LogP contribution in [0.1, 0.15) is 29.7 Å². The lowest BCUT2D eigenvalue weighted by Gasteiger charge is -2.29. The molecule has 36 heavy (non-hydrogen) atoms. The molecule has 8 nitrogen and oxygen atoms in total. The number of amides is 1. The van der Waals surface area contributed by atoms with E-state index in [1.165, 1.54) is 0 Å². The predicted octanol–water partition coefficient (Wildman–Crippen LogP) is 5.90. The molecule has 0 spiro atoms. The molecule has 2 heterocycles. The quantitative estimate of drug-likeness (QED) is 0.302. The minimum Gasteiger partial charge on any atom is -0.489 e. The number of carbonyl (C=O) groups excluding carboxylic acids is 1. The average molecular weight is 566 g/mol. The molecule has 3 aromatic carbocycles. The van der Waals surface area contributed by atoms with Gasteiger partial charge in [-0.15, -0.1) is 0 Å². The van der Waals surface area contributed by atoms with E-state index in [-0.39, 0.29) is 5.91 Å². The summed E-state index contributed by atoms with van der Waals surface area (Å²) in [5, 5.41) is 18.9. The number of anilines is 2. The number of benzene rings is 3. The molecule has 1 aromatic heterocycles. The van der Waals surface area contributed by atoms with E-state index in [1.807, 2.05) is 80.6 Å². The van der Waals surface area contributed by atoms with Gasteiger partial charge in [-0.25, -0.2) is 0 Å². The Morgan fingerprint density at radius 1 is 1.14 bits per heavy atom. The largest absolute Gasteiger partial charge is 0.489 e. The third-order valence-electron chi connectivity index (χ3n) is 5.81. The number of allylic oxidation sites excluding steroid dienone is 1. The monoisotopic (exact) mass is 564 g/mol. The molecular formula is C26H22BrClN6O2. The van der Waals surface area contributed by atoms with Crippen LogP contribution in [0.25, 0.3) is 0 Å². The van der Waals surface area contributed by atoms with Crippen molar-refractivity contribution in [1.29, 1.82) is 0 Å². The molecular weight excluding hydrogens is 544 g/mol. The highest BCUT2D eigenvalue weighted by Crippen LogP contribution is 2.40. The van der Waals surface area contributed by atoms with Crippen molar-refractivity contribution in [3.8, 4) is 5.75 Å². The van der Waals surface area contributed by atoms with Crippen LogP contribution >= 0.6 is 27.5 Å². The van der Waals surface area contributed by atoms with Gasteiger partial charge in [-0.2, -0.15) is 4.68 Å². The Bertz CT molecular complexity index is 1470. The molecule has 1 aliphatic heterocycles. The van der Waals surface area contributed by atoms with E-state index >= 15 is 0 Å². The normalized spacial score (nSPS) is 14.7. The van der Waals surface area contributed by atoms with Crippen LogP contribution < -0.4 is 15.4 Å². The van der Waals surface area contributed by atoms with Gasteiger partial charge in [-0.1, -0.05) is 56.9 Å². The average Bonchev–Trinajstić information content (AvgIpc) is 3.31. The van der Waals surface area contributed by atoms with Gasteiger partial charge in [0, 0.05) is 26.4 Å². The van der Waals surface area contributed by atoms with E-state index in [0.29, 0.717) is 40.3 Å². The number of fused-ring (bicyclic) bond motifs is 1. The SMILES string of the molecule is CC1=C(C(=O)Nc2cccc(C)c2)C(c2cc(Br)ccc2OCc2ccc(Cl)cc2)n2nnnc2N1. The molecule has 4 aromatic rings. The van der Waals surface area contributed by atoms with Gasteiger partial charge in [0.05, 0.1) is 5.57 Å². The van der Waals surface area contributed by atoms with Gasteiger partial charge >= 0.3 is 0 Å². The third kappa shape index (κ3) is 4.98. The zero-order valence-corrected chi connectivity index (χ0v) is 21.8. The fourth-order valence-electron chi connectivity index (χ4n) is 4.12. The number of aryl methyl sites for hydroxylation is 1. The predicted molar refractivity (Wildman–Crippen MR) is 142 cm³/mol. The Morgan fingerprint density at radius 2 is 1.94 bits per heavy atom. The molecule has 0 aliphatic carbocycles. The summed E-state index contributed by atoms with van der Waals surface area (Å²) in [4.78, 5) is 13.7. The van der Waals surface area contributed by atoms with Gasteiger partial charge in [0.1, 0.15) is 18.4 Å². The van der Waals surface area contributed by atoms with E-state index in [9.17, 15) is 4.79 Å². The first-order valence-electron chi connectivity index (χ1n) is 11.2. The highest BCUT2D eigenvalue weighted by Gasteiger charge is 2.36. The van der Waals surface area contributed by atoms with Crippen molar-refractivity contribution in [3.63, 3.8) is 0 Å². The first-order valence-corrected chi connectivity index (χ1v) is 12.4. The molecule has 0 radical (unpaired) electrons. The second kappa shape index (κ2) is 10.1. The summed E-state index contributed by atoms with van der Waals surface area (Å²) in [6.07, 6.45) is 0. The Kier molecular flexibility index (Phi) is 6.75. The molecule has 0 fully saturated rings. The lowest BCUT2D eigenvalue weighted by molar-refractivity contribution is -0.113. The number of hydrogen-bond donors (Lipinski definition) is 2. The van der Waals surface area contributed by atoms with Crippen LogP contribution in [0.5, 0.6) is 5.75 Å². The lowest BCUT2D eigenvalue weighted by Crippen LogP contribution is -2.31. The van der Waals surface area contributed by atoms with Crippen molar-refractivity contribution in [2.75, 3.05) is 10.6 Å². The van der Waals surface area contributed by atoms with Crippen molar-refractivity contribution in [2.24, 2.45) is 0 Å². The second-order valence-electron chi connectivity index (χ2n) is 8.43. The Morgan fingerprint density at radius 3 is 2.72 bits per heavy atom. The van der Waals surface area contributed by atoms with Gasteiger partial charge in [-0.3, -0.25) is 4.79 Å². The molecule has 0 saturated carbocycles. The molecule has 182 valence electrons. The molecule has 2 N–H and O–H groups in total. The summed E-state index contributed by atoms with van der Waals surface area (Å²) < 4.78 is 8.67. The Balaban J connectivity index is 1.54. The van der Waals surface area contributed by atoms with Crippen molar-refractivity contribution >= 4 is 45.1 Å². The summed E-state index contributed by atoms with van der Waals surface area (Å²) >= 11 is 9.59. The van der Waals surface area contributed by atoms with Crippen LogP contribution in [0.4, 0.5) is 11.6 Å². The van der Waals surface area contributed by atoms with E-state index in [0.717, 1.165) is 21.2 Å². The number of hydrogen-bond acceptors (Lipinski definition) is 6. The van der Waals surface area contributed by atoms with Crippen molar-refractivity contribution < 1.29 is 9.53 Å². The Labute approximate surface area is 221 Å². The van der Waals surface area contributed by atoms with E-state index in [2.05, 4.69) is 42.1 Å². The molecule has 0 saturated heterocycles. The topological polar surface area (TPSA) is 94.0 Å². The molecule has 0 bridgehead atoms. The maximum Gasteiger partial charge on any atom is 0.255 e. The van der Waals surface area contributed by atoms with Crippen LogP contribution in [-0.4, -0.2) is 26.1 Å². The van der Waals surface area contributed by atoms with Crippen molar-refractivity contribution in [1.82, 2.24) is 20.2 Å². The van der Waals surface area contributed by atoms with Crippen LogP contribution in [-0.2, 0) is 11.4 Å². The third-order valence-corrected chi connectivity index (χ3v) is 6.55. The zero-order valence-electron chi connectivity index (χ0n) is 19.5. The molecule has 5 rings (SSSR count). The highest BCUT2D eigenvalue weighted by atomic mass is 79.9. The van der Waals surface area contributed by atoms with Gasteiger partial charge in [0.25, 0.3) is 5.91 Å². The minimum absolute atomic E-state index is 0.264. The Hall–Kier alpha value is -3.69. The summed E-state index contributed by atoms with van der Waals surface area (Å²) in [5.41, 5.74) is 4.58. The standard InChI is InChI=1S/C26H22BrClN6O2/c1-15-4-3-5-20(12-15)30-25(35)23-16(2)29-26-31-32-33-34(26)24(23)21-13-18(27)8-11-22(21)36-14-17-6-9-19(28)10-7-17/h3-13,24H,14H2,1-2H3,(H,30,35)(H,29,31,33). The highest BCUT2D eigenvalue weighted by molar-refractivity contribution is 9.10. The fraction of sp³-hybridized carbons (Fsp3) is 0.154. The number of halogens is 2. The van der Waals surface area contributed by atoms with Crippen molar-refractivity contribution in [3.05, 3.63) is 104 Å². The smallest absolute Gasteiger partial charge is 0.255 e. The van der Waals surface area contributed by atoms with Gasteiger partial charge in [0.2, 0.25) is 5.95 Å². The number of nitrogens with zero attached hydrogens (tertiary/aromatic N) is 4. The van der Waals surface area contributed by atoms with Crippen LogP contribution in [0.15, 0.2) is 82.5 Å². The zero-order chi connectivity index (χ0) is 25.2. The number of ether oxygens (including phenoxy) is 1. The fourth-order valence-corrected chi connectivity index (χ4v) is 4.63. The van der Waals surface area contributed by atoms with Crippen LogP contribution in [0.2, 0.25) is 5.02 Å². The first-order chi connectivity index (χ1) is 17.4. The van der Waals surface area contributed by atoms with Crippen molar-refractivity contribution in [2.45, 2.75) is 26.5 Å². The van der Waals surface area contributed by atoms with E-state index < -0.39 is 6.04 Å². The molecule has 1 unspecified atom stereocenters. The second-order valence-corrected chi connectivity index (χ2v) is 9.79. The molecule has 1 atom stereocenters. The number of tetrazole rings is 1. The van der Waals surface area contributed by atoms with E-state index in [4.69, 9.17) is 16.3 Å². The van der Waals surface area contributed by atoms with Gasteiger partial charge < -0.3 is 15.4 Å². The molecule has 1 amide bonds. The lowest BCUT2D eigenvalue weighted by atomic mass is 9.94. The van der Waals surface area contributed by atoms with Crippen LogP contribution in [0.3, 0.4) is 0 Å². The summed E-state index contributed by atoms with van der Waals surface area (Å²) in [7, 11) is 0. The summed E-state index contributed by atoms with van der Waals surface area (Å²) in [6, 6.07) is 20.2. The number of nitrogens with one attached hydrogen (secondary N) is 2. The summed E-state index contributed by atoms with van der Waals surface area (Å²) in [5.74, 6) is 0.781. The number of carbonyl (C=O) groups is 1. The van der Waals surface area contributed by atoms with Gasteiger partial charge in [0.15, 0.2) is 0 Å². The van der Waals surface area contributed by atoms with E-state index in [1.54, 1.807) is 4.68 Å². The summed E-state index contributed by atoms with van der Waals surface area (Å²) in [6.45, 7) is 4.14. The molecule has 10 heteroatoms. The van der Waals surface area contributed by atoms with Crippen LogP contribution in [0, 0.1) is 6.92 Å². The maximum absolute atomic E-state index is 13.7. The first kappa shape index (κ1) is 24.0.